The second-order valence-electron chi connectivity index (χ2n) is 5.75. The van der Waals surface area contributed by atoms with Crippen LogP contribution in [0.2, 0.25) is 0 Å². The minimum Gasteiger partial charge on any atom is -0.311 e. The van der Waals surface area contributed by atoms with Crippen molar-refractivity contribution >= 4 is 11.3 Å². The summed E-state index contributed by atoms with van der Waals surface area (Å²) in [7, 11) is 2.21. The Morgan fingerprint density at radius 3 is 3.10 bits per heavy atom. The summed E-state index contributed by atoms with van der Waals surface area (Å²) >= 11 is 1.74. The van der Waals surface area contributed by atoms with E-state index in [0.29, 0.717) is 12.0 Å². The van der Waals surface area contributed by atoms with Gasteiger partial charge in [-0.15, -0.1) is 11.3 Å². The minimum absolute atomic E-state index is 0.480. The molecule has 1 saturated heterocycles. The van der Waals surface area contributed by atoms with E-state index >= 15 is 0 Å². The number of nitrogens with one attached hydrogen (secondary N) is 1. The molecular weight excluding hydrogens is 280 g/mol. The SMILES string of the molecule is Cc1ncsc1CNC[C@@H]1CCN(C)[C@H]1c1cccnc1. The highest BCUT2D eigenvalue weighted by molar-refractivity contribution is 7.09. The predicted molar refractivity (Wildman–Crippen MR) is 86.3 cm³/mol. The van der Waals surface area contributed by atoms with Crippen molar-refractivity contribution in [2.75, 3.05) is 20.1 Å². The molecule has 3 heterocycles. The van der Waals surface area contributed by atoms with Gasteiger partial charge >= 0.3 is 0 Å². The van der Waals surface area contributed by atoms with Crippen molar-refractivity contribution in [2.24, 2.45) is 5.92 Å². The van der Waals surface area contributed by atoms with Crippen molar-refractivity contribution in [3.05, 3.63) is 46.2 Å². The van der Waals surface area contributed by atoms with Crippen LogP contribution in [0.15, 0.2) is 30.0 Å². The van der Waals surface area contributed by atoms with Crippen LogP contribution < -0.4 is 5.32 Å². The minimum atomic E-state index is 0.480. The molecule has 5 heteroatoms. The lowest BCUT2D eigenvalue weighted by Gasteiger charge is -2.25. The van der Waals surface area contributed by atoms with Crippen LogP contribution >= 0.6 is 11.3 Å². The molecule has 0 aliphatic carbocycles. The van der Waals surface area contributed by atoms with Gasteiger partial charge in [-0.1, -0.05) is 6.07 Å². The molecule has 1 fully saturated rings. The van der Waals surface area contributed by atoms with E-state index in [1.807, 2.05) is 24.0 Å². The van der Waals surface area contributed by atoms with E-state index in [0.717, 1.165) is 25.3 Å². The van der Waals surface area contributed by atoms with Gasteiger partial charge in [-0.25, -0.2) is 4.98 Å². The van der Waals surface area contributed by atoms with Gasteiger partial charge in [-0.2, -0.15) is 0 Å². The first-order valence-electron chi connectivity index (χ1n) is 7.45. The Kier molecular flexibility index (Phi) is 4.63. The highest BCUT2D eigenvalue weighted by atomic mass is 32.1. The Balaban J connectivity index is 1.60. The topological polar surface area (TPSA) is 41.1 Å². The lowest BCUT2D eigenvalue weighted by atomic mass is 9.95. The Labute approximate surface area is 130 Å². The fourth-order valence-corrected chi connectivity index (χ4v) is 3.93. The molecule has 0 amide bonds. The quantitative estimate of drug-likeness (QED) is 0.922. The maximum absolute atomic E-state index is 4.30. The summed E-state index contributed by atoms with van der Waals surface area (Å²) in [5.74, 6) is 0.646. The summed E-state index contributed by atoms with van der Waals surface area (Å²) in [6, 6.07) is 4.71. The van der Waals surface area contributed by atoms with Crippen molar-refractivity contribution in [2.45, 2.75) is 25.9 Å². The van der Waals surface area contributed by atoms with E-state index in [-0.39, 0.29) is 0 Å². The van der Waals surface area contributed by atoms with Crippen LogP contribution in [-0.2, 0) is 6.54 Å². The third-order valence-corrected chi connectivity index (χ3v) is 5.27. The summed E-state index contributed by atoms with van der Waals surface area (Å²) in [4.78, 5) is 12.4. The third-order valence-electron chi connectivity index (χ3n) is 4.34. The summed E-state index contributed by atoms with van der Waals surface area (Å²) in [5.41, 5.74) is 4.41. The van der Waals surface area contributed by atoms with Gasteiger partial charge in [0.2, 0.25) is 0 Å². The van der Waals surface area contributed by atoms with Gasteiger partial charge in [0.25, 0.3) is 0 Å². The number of nitrogens with zero attached hydrogens (tertiary/aromatic N) is 3. The Bertz CT molecular complexity index is 569. The Hall–Kier alpha value is -1.30. The average Bonchev–Trinajstić information content (AvgIpc) is 3.07. The summed E-state index contributed by atoms with van der Waals surface area (Å²) < 4.78 is 0. The molecule has 0 aromatic carbocycles. The Morgan fingerprint density at radius 2 is 2.38 bits per heavy atom. The molecule has 2 aromatic rings. The van der Waals surface area contributed by atoms with E-state index in [2.05, 4.69) is 40.2 Å². The number of hydrogen-bond donors (Lipinski definition) is 1. The zero-order chi connectivity index (χ0) is 14.7. The molecule has 0 saturated carbocycles. The molecule has 2 atom stereocenters. The predicted octanol–water partition coefficient (Wildman–Crippen LogP) is 2.63. The smallest absolute Gasteiger partial charge is 0.0798 e. The van der Waals surface area contributed by atoms with Gasteiger partial charge < -0.3 is 5.32 Å². The van der Waals surface area contributed by atoms with Crippen LogP contribution in [0.5, 0.6) is 0 Å². The first kappa shape index (κ1) is 14.6. The van der Waals surface area contributed by atoms with E-state index in [9.17, 15) is 0 Å². The van der Waals surface area contributed by atoms with Crippen LogP contribution in [-0.4, -0.2) is 35.0 Å². The second-order valence-corrected chi connectivity index (χ2v) is 6.69. The molecule has 0 unspecified atom stereocenters. The lowest BCUT2D eigenvalue weighted by molar-refractivity contribution is 0.271. The van der Waals surface area contributed by atoms with Crippen LogP contribution in [0.25, 0.3) is 0 Å². The molecule has 0 radical (unpaired) electrons. The van der Waals surface area contributed by atoms with Crippen LogP contribution in [0.4, 0.5) is 0 Å². The number of thiazole rings is 1. The zero-order valence-electron chi connectivity index (χ0n) is 12.6. The van der Waals surface area contributed by atoms with Gasteiger partial charge in [0, 0.05) is 36.4 Å². The maximum Gasteiger partial charge on any atom is 0.0798 e. The van der Waals surface area contributed by atoms with E-state index in [1.165, 1.54) is 16.9 Å². The number of hydrogen-bond acceptors (Lipinski definition) is 5. The molecule has 21 heavy (non-hydrogen) atoms. The highest BCUT2D eigenvalue weighted by Crippen LogP contribution is 2.35. The highest BCUT2D eigenvalue weighted by Gasteiger charge is 2.32. The van der Waals surface area contributed by atoms with Crippen molar-refractivity contribution in [3.8, 4) is 0 Å². The zero-order valence-corrected chi connectivity index (χ0v) is 13.4. The molecule has 4 nitrogen and oxygen atoms in total. The van der Waals surface area contributed by atoms with Crippen molar-refractivity contribution in [1.29, 1.82) is 0 Å². The first-order chi connectivity index (χ1) is 10.3. The van der Waals surface area contributed by atoms with Gasteiger partial charge in [-0.3, -0.25) is 9.88 Å². The molecular formula is C16H22N4S. The maximum atomic E-state index is 4.30. The fraction of sp³-hybridized carbons (Fsp3) is 0.500. The van der Waals surface area contributed by atoms with Crippen molar-refractivity contribution < 1.29 is 0 Å². The standard InChI is InChI=1S/C16H22N4S/c1-12-15(21-11-19-12)10-18-9-14-5-7-20(2)16(14)13-4-3-6-17-8-13/h3-4,6,8,11,14,16,18H,5,7,9-10H2,1-2H3/t14-,16-/m0/s1. The summed E-state index contributed by atoms with van der Waals surface area (Å²) in [5, 5.41) is 3.61. The number of aromatic nitrogens is 2. The normalized spacial score (nSPS) is 22.8. The number of likely N-dealkylation sites (tertiary alicyclic amines) is 1. The monoisotopic (exact) mass is 302 g/mol. The molecule has 0 bridgehead atoms. The molecule has 112 valence electrons. The Morgan fingerprint density at radius 1 is 1.48 bits per heavy atom. The van der Waals surface area contributed by atoms with E-state index in [4.69, 9.17) is 0 Å². The van der Waals surface area contributed by atoms with E-state index in [1.54, 1.807) is 11.3 Å². The molecule has 1 N–H and O–H groups in total. The number of aryl methyl sites for hydroxylation is 1. The summed E-state index contributed by atoms with van der Waals surface area (Å²) in [6.45, 7) is 5.21. The van der Waals surface area contributed by atoms with E-state index < -0.39 is 0 Å². The van der Waals surface area contributed by atoms with Crippen molar-refractivity contribution in [3.63, 3.8) is 0 Å². The average molecular weight is 302 g/mol. The largest absolute Gasteiger partial charge is 0.311 e. The second kappa shape index (κ2) is 6.64. The van der Waals surface area contributed by atoms with Gasteiger partial charge in [0.05, 0.1) is 11.2 Å². The van der Waals surface area contributed by atoms with Crippen LogP contribution in [0.3, 0.4) is 0 Å². The van der Waals surface area contributed by atoms with Crippen molar-refractivity contribution in [1.82, 2.24) is 20.2 Å². The molecule has 1 aliphatic heterocycles. The van der Waals surface area contributed by atoms with Gasteiger partial charge in [0.1, 0.15) is 0 Å². The van der Waals surface area contributed by atoms with Crippen LogP contribution in [0, 0.1) is 12.8 Å². The number of rotatable bonds is 5. The fourth-order valence-electron chi connectivity index (χ4n) is 3.18. The lowest BCUT2D eigenvalue weighted by Crippen LogP contribution is -2.28. The molecule has 3 rings (SSSR count). The molecule has 1 aliphatic rings. The van der Waals surface area contributed by atoms with Gasteiger partial charge in [0.15, 0.2) is 0 Å². The molecule has 0 spiro atoms. The molecule has 2 aromatic heterocycles. The third kappa shape index (κ3) is 3.31. The number of pyridine rings is 1. The van der Waals surface area contributed by atoms with Crippen LogP contribution in [0.1, 0.15) is 28.6 Å². The van der Waals surface area contributed by atoms with Gasteiger partial charge in [-0.05, 0) is 44.5 Å². The first-order valence-corrected chi connectivity index (χ1v) is 8.33. The summed E-state index contributed by atoms with van der Waals surface area (Å²) in [6.07, 6.45) is 5.09.